The van der Waals surface area contributed by atoms with Crippen LogP contribution in [0.25, 0.3) is 0 Å². The molecule has 0 spiro atoms. The van der Waals surface area contributed by atoms with E-state index in [-0.39, 0.29) is 11.9 Å². The van der Waals surface area contributed by atoms with Crippen LogP contribution in [0.4, 0.5) is 4.39 Å². The van der Waals surface area contributed by atoms with Gasteiger partial charge in [0.2, 0.25) is 0 Å². The summed E-state index contributed by atoms with van der Waals surface area (Å²) in [5.41, 5.74) is 0. The average Bonchev–Trinajstić information content (AvgIpc) is 2.19. The number of halogens is 1. The second-order valence-corrected chi connectivity index (χ2v) is 3.45. The van der Waals surface area contributed by atoms with E-state index in [1.165, 1.54) is 12.1 Å². The molecular weight excluding hydrogens is 181 g/mol. The summed E-state index contributed by atoms with van der Waals surface area (Å²) in [6.45, 7) is 1.72. The monoisotopic (exact) mass is 194 g/mol. The molecule has 3 heteroatoms. The Labute approximate surface area is 83.1 Å². The number of hydrogen-bond acceptors (Lipinski definition) is 1. The lowest BCUT2D eigenvalue weighted by molar-refractivity contribution is 0.160. The normalized spacial score (nSPS) is 18.1. The number of hydrogen-bond donors (Lipinski definition) is 0. The highest BCUT2D eigenvalue weighted by molar-refractivity contribution is 5.22. The van der Waals surface area contributed by atoms with Crippen molar-refractivity contribution in [1.29, 1.82) is 0 Å². The number of rotatable bonds is 2. The van der Waals surface area contributed by atoms with E-state index in [1.54, 1.807) is 12.1 Å². The van der Waals surface area contributed by atoms with E-state index in [1.807, 2.05) is 0 Å². The van der Waals surface area contributed by atoms with Gasteiger partial charge in [0.15, 0.2) is 0 Å². The minimum absolute atomic E-state index is 0.203. The van der Waals surface area contributed by atoms with Gasteiger partial charge < -0.3 is 4.74 Å². The fraction of sp³-hybridized carbons (Fsp3) is 0.455. The zero-order valence-electron chi connectivity index (χ0n) is 7.95. The van der Waals surface area contributed by atoms with Crippen LogP contribution in [0.2, 0.25) is 0 Å². The van der Waals surface area contributed by atoms with Crippen LogP contribution in [0.3, 0.4) is 0 Å². The van der Waals surface area contributed by atoms with E-state index in [0.717, 1.165) is 25.9 Å². The quantitative estimate of drug-likeness (QED) is 0.706. The second-order valence-electron chi connectivity index (χ2n) is 3.45. The molecule has 0 unspecified atom stereocenters. The molecule has 1 saturated heterocycles. The van der Waals surface area contributed by atoms with Crippen LogP contribution >= 0.6 is 0 Å². The molecule has 1 fully saturated rings. The number of piperidine rings is 1. The van der Waals surface area contributed by atoms with Crippen molar-refractivity contribution in [2.24, 2.45) is 0 Å². The van der Waals surface area contributed by atoms with Crippen molar-refractivity contribution in [3.05, 3.63) is 30.1 Å². The van der Waals surface area contributed by atoms with Crippen molar-refractivity contribution in [2.45, 2.75) is 18.9 Å². The van der Waals surface area contributed by atoms with Crippen molar-refractivity contribution in [2.75, 3.05) is 13.1 Å². The van der Waals surface area contributed by atoms with E-state index < -0.39 is 0 Å². The van der Waals surface area contributed by atoms with E-state index in [2.05, 4.69) is 5.32 Å². The lowest BCUT2D eigenvalue weighted by Gasteiger charge is -2.22. The van der Waals surface area contributed by atoms with Crippen LogP contribution in [0.1, 0.15) is 12.8 Å². The van der Waals surface area contributed by atoms with Crippen molar-refractivity contribution >= 4 is 0 Å². The number of ether oxygens (including phenoxy) is 1. The van der Waals surface area contributed by atoms with Crippen molar-refractivity contribution in [1.82, 2.24) is 5.32 Å². The summed E-state index contributed by atoms with van der Waals surface area (Å²) in [7, 11) is 0. The maximum Gasteiger partial charge on any atom is 0.126 e. The highest BCUT2D eigenvalue weighted by Gasteiger charge is 2.14. The van der Waals surface area contributed by atoms with Gasteiger partial charge in [0.25, 0.3) is 0 Å². The van der Waals surface area contributed by atoms with Crippen molar-refractivity contribution in [3.63, 3.8) is 0 Å². The summed E-state index contributed by atoms with van der Waals surface area (Å²) < 4.78 is 18.5. The summed E-state index contributed by atoms with van der Waals surface area (Å²) in [5, 5.41) is 4.23. The maximum atomic E-state index is 12.8. The molecule has 1 aromatic rings. The molecule has 0 aromatic heterocycles. The largest absolute Gasteiger partial charge is 0.490 e. The zero-order valence-corrected chi connectivity index (χ0v) is 7.95. The summed E-state index contributed by atoms with van der Waals surface area (Å²) in [5.74, 6) is 0.375. The van der Waals surface area contributed by atoms with Crippen LogP contribution in [0, 0.1) is 5.82 Å². The van der Waals surface area contributed by atoms with E-state index >= 15 is 0 Å². The van der Waals surface area contributed by atoms with Crippen LogP contribution in [-0.2, 0) is 0 Å². The van der Waals surface area contributed by atoms with Gasteiger partial charge in [-0.25, -0.2) is 9.71 Å². The van der Waals surface area contributed by atoms with Crippen molar-refractivity contribution < 1.29 is 9.13 Å². The van der Waals surface area contributed by atoms with Crippen LogP contribution < -0.4 is 10.1 Å². The topological polar surface area (TPSA) is 23.3 Å². The molecule has 0 amide bonds. The van der Waals surface area contributed by atoms with Gasteiger partial charge in [-0.1, -0.05) is 6.07 Å². The summed E-state index contributed by atoms with van der Waals surface area (Å²) in [4.78, 5) is 0. The van der Waals surface area contributed by atoms with Gasteiger partial charge in [0.1, 0.15) is 17.7 Å². The summed E-state index contributed by atoms with van der Waals surface area (Å²) in [6, 6.07) is 6.29. The molecule has 1 aliphatic heterocycles. The first-order valence-electron chi connectivity index (χ1n) is 4.90. The summed E-state index contributed by atoms with van der Waals surface area (Å²) in [6.07, 6.45) is 2.09. The van der Waals surface area contributed by atoms with Crippen molar-refractivity contribution in [3.8, 4) is 5.75 Å². The molecule has 14 heavy (non-hydrogen) atoms. The molecule has 1 aliphatic rings. The fourth-order valence-corrected chi connectivity index (χ4v) is 1.58. The Kier molecular flexibility index (Phi) is 2.99. The number of benzene rings is 1. The predicted octanol–water partition coefficient (Wildman–Crippen LogP) is 1.97. The highest BCUT2D eigenvalue weighted by atomic mass is 19.1. The Morgan fingerprint density at radius 3 is 2.79 bits per heavy atom. The van der Waals surface area contributed by atoms with Gasteiger partial charge in [-0.15, -0.1) is 0 Å². The zero-order chi connectivity index (χ0) is 9.80. The molecule has 1 aromatic carbocycles. The van der Waals surface area contributed by atoms with E-state index in [4.69, 9.17) is 4.74 Å². The van der Waals surface area contributed by atoms with Gasteiger partial charge in [-0.3, -0.25) is 0 Å². The Balaban J connectivity index is 1.95. The molecule has 0 atom stereocenters. The molecule has 0 bridgehead atoms. The van der Waals surface area contributed by atoms with Crippen LogP contribution in [0.5, 0.6) is 5.75 Å². The maximum absolute atomic E-state index is 12.8. The second kappa shape index (κ2) is 4.42. The smallest absolute Gasteiger partial charge is 0.126 e. The first-order valence-corrected chi connectivity index (χ1v) is 4.90. The average molecular weight is 194 g/mol. The molecular formula is C11H13FNO. The van der Waals surface area contributed by atoms with Gasteiger partial charge in [-0.2, -0.15) is 0 Å². The first kappa shape index (κ1) is 9.46. The SMILES string of the molecule is Fc1cccc(OC2CC[N]CC2)c1. The molecule has 2 rings (SSSR count). The Hall–Kier alpha value is -1.09. The van der Waals surface area contributed by atoms with Gasteiger partial charge in [0, 0.05) is 19.2 Å². The van der Waals surface area contributed by atoms with E-state index in [0.29, 0.717) is 5.75 Å². The minimum atomic E-state index is -0.247. The molecule has 1 radical (unpaired) electrons. The number of nitrogens with zero attached hydrogens (tertiary/aromatic N) is 1. The van der Waals surface area contributed by atoms with Gasteiger partial charge in [0.05, 0.1) is 0 Å². The molecule has 0 aliphatic carbocycles. The molecule has 0 saturated carbocycles. The van der Waals surface area contributed by atoms with E-state index in [9.17, 15) is 4.39 Å². The van der Waals surface area contributed by atoms with Gasteiger partial charge in [-0.05, 0) is 25.0 Å². The third-order valence-electron chi connectivity index (χ3n) is 2.32. The standard InChI is InChI=1S/C11H13FNO/c12-9-2-1-3-11(8-9)14-10-4-6-13-7-5-10/h1-3,8,10H,4-7H2. The highest BCUT2D eigenvalue weighted by Crippen LogP contribution is 2.17. The Bertz CT molecular complexity index is 297. The summed E-state index contributed by atoms with van der Waals surface area (Å²) >= 11 is 0. The molecule has 75 valence electrons. The predicted molar refractivity (Wildman–Crippen MR) is 51.9 cm³/mol. The van der Waals surface area contributed by atoms with Gasteiger partial charge >= 0.3 is 0 Å². The molecule has 1 heterocycles. The Morgan fingerprint density at radius 2 is 2.07 bits per heavy atom. The lowest BCUT2D eigenvalue weighted by Crippen LogP contribution is -2.30. The first-order chi connectivity index (χ1) is 6.84. The lowest BCUT2D eigenvalue weighted by atomic mass is 10.1. The minimum Gasteiger partial charge on any atom is -0.490 e. The van der Waals surface area contributed by atoms with Crippen LogP contribution in [-0.4, -0.2) is 19.2 Å². The third-order valence-corrected chi connectivity index (χ3v) is 2.32. The fourth-order valence-electron chi connectivity index (χ4n) is 1.58. The third kappa shape index (κ3) is 2.45. The Morgan fingerprint density at radius 1 is 1.29 bits per heavy atom. The molecule has 0 N–H and O–H groups in total. The molecule has 2 nitrogen and oxygen atoms in total. The van der Waals surface area contributed by atoms with Crippen LogP contribution in [0.15, 0.2) is 24.3 Å².